The first-order chi connectivity index (χ1) is 7.79. The van der Waals surface area contributed by atoms with Crippen molar-refractivity contribution < 1.29 is 13.2 Å². The Morgan fingerprint density at radius 2 is 2.24 bits per heavy atom. The maximum Gasteiger partial charge on any atom is 0.434 e. The zero-order chi connectivity index (χ0) is 13.1. The third-order valence-corrected chi connectivity index (χ3v) is 2.50. The van der Waals surface area contributed by atoms with Crippen molar-refractivity contribution in [2.24, 2.45) is 10.7 Å². The molecule has 0 aliphatic carbocycles. The van der Waals surface area contributed by atoms with Crippen LogP contribution in [0.1, 0.15) is 24.5 Å². The topological polar surface area (TPSA) is 63.3 Å². The number of thiazole rings is 1. The molecule has 0 fully saturated rings. The van der Waals surface area contributed by atoms with Crippen molar-refractivity contribution in [3.63, 3.8) is 0 Å². The van der Waals surface area contributed by atoms with Gasteiger partial charge in [0.2, 0.25) is 0 Å². The van der Waals surface area contributed by atoms with Crippen LogP contribution in [0.3, 0.4) is 0 Å². The second kappa shape index (κ2) is 5.35. The lowest BCUT2D eigenvalue weighted by Crippen LogP contribution is -2.36. The van der Waals surface area contributed by atoms with Crippen molar-refractivity contribution >= 4 is 17.3 Å². The Hall–Kier alpha value is -1.31. The van der Waals surface area contributed by atoms with Crippen LogP contribution in [0.25, 0.3) is 0 Å². The molecule has 8 heteroatoms. The number of guanidine groups is 1. The average molecular weight is 266 g/mol. The van der Waals surface area contributed by atoms with Crippen LogP contribution in [0.4, 0.5) is 13.2 Å². The Balaban J connectivity index is 2.61. The molecule has 96 valence electrons. The number of aromatic nitrogens is 1. The monoisotopic (exact) mass is 266 g/mol. The third-order valence-electron chi connectivity index (χ3n) is 1.66. The van der Waals surface area contributed by atoms with Gasteiger partial charge >= 0.3 is 6.18 Å². The molecule has 0 saturated heterocycles. The highest BCUT2D eigenvalue weighted by atomic mass is 32.1. The minimum atomic E-state index is -4.40. The van der Waals surface area contributed by atoms with Gasteiger partial charge in [0.05, 0.1) is 6.54 Å². The van der Waals surface area contributed by atoms with E-state index in [4.69, 9.17) is 5.73 Å². The highest BCUT2D eigenvalue weighted by Crippen LogP contribution is 2.30. The van der Waals surface area contributed by atoms with E-state index in [1.54, 1.807) is 0 Å². The van der Waals surface area contributed by atoms with E-state index < -0.39 is 11.9 Å². The van der Waals surface area contributed by atoms with E-state index in [1.165, 1.54) is 0 Å². The maximum absolute atomic E-state index is 12.2. The zero-order valence-electron chi connectivity index (χ0n) is 9.38. The van der Waals surface area contributed by atoms with Gasteiger partial charge in [-0.2, -0.15) is 13.2 Å². The molecule has 0 amide bonds. The molecule has 1 aromatic rings. The molecule has 4 nitrogen and oxygen atoms in total. The van der Waals surface area contributed by atoms with Gasteiger partial charge in [0, 0.05) is 11.4 Å². The fourth-order valence-corrected chi connectivity index (χ4v) is 1.73. The summed E-state index contributed by atoms with van der Waals surface area (Å²) in [4.78, 5) is 7.33. The van der Waals surface area contributed by atoms with E-state index in [0.717, 1.165) is 16.7 Å². The van der Waals surface area contributed by atoms with Gasteiger partial charge in [-0.3, -0.25) is 0 Å². The van der Waals surface area contributed by atoms with Crippen molar-refractivity contribution in [2.75, 3.05) is 0 Å². The standard InChI is InChI=1S/C9H13F3N4S/c1-5(2)15-8(13)14-3-7-16-6(4-17-7)9(10,11)12/h4-5H,3H2,1-2H3,(H3,13,14,15). The SMILES string of the molecule is CC(C)NC(N)=NCc1nc(C(F)(F)F)cs1. The van der Waals surface area contributed by atoms with Crippen LogP contribution in [0.15, 0.2) is 10.4 Å². The number of nitrogens with zero attached hydrogens (tertiary/aromatic N) is 2. The molecule has 3 N–H and O–H groups in total. The molecular formula is C9H13F3N4S. The van der Waals surface area contributed by atoms with E-state index in [2.05, 4.69) is 15.3 Å². The van der Waals surface area contributed by atoms with Crippen molar-refractivity contribution in [1.29, 1.82) is 0 Å². The van der Waals surface area contributed by atoms with E-state index >= 15 is 0 Å². The molecule has 0 bridgehead atoms. The Labute approximate surface area is 101 Å². The number of alkyl halides is 3. The molecule has 0 spiro atoms. The summed E-state index contributed by atoms with van der Waals surface area (Å²) in [6.45, 7) is 3.81. The third kappa shape index (κ3) is 4.59. The number of rotatable bonds is 3. The number of halogens is 3. The molecule has 0 aliphatic heterocycles. The molecule has 0 atom stereocenters. The van der Waals surface area contributed by atoms with Gasteiger partial charge in [0.25, 0.3) is 0 Å². The van der Waals surface area contributed by atoms with E-state index in [0.29, 0.717) is 0 Å². The fourth-order valence-electron chi connectivity index (χ4n) is 1.01. The zero-order valence-corrected chi connectivity index (χ0v) is 10.2. The second-order valence-corrected chi connectivity index (χ2v) is 4.57. The molecule has 17 heavy (non-hydrogen) atoms. The molecule has 1 aromatic heterocycles. The van der Waals surface area contributed by atoms with Crippen molar-refractivity contribution in [2.45, 2.75) is 32.6 Å². The summed E-state index contributed by atoms with van der Waals surface area (Å²) in [6, 6.07) is 0.126. The van der Waals surface area contributed by atoms with Gasteiger partial charge in [-0.15, -0.1) is 11.3 Å². The Morgan fingerprint density at radius 3 is 2.71 bits per heavy atom. The van der Waals surface area contributed by atoms with Gasteiger partial charge in [-0.25, -0.2) is 9.98 Å². The average Bonchev–Trinajstić information content (AvgIpc) is 2.61. The minimum Gasteiger partial charge on any atom is -0.370 e. The lowest BCUT2D eigenvalue weighted by molar-refractivity contribution is -0.140. The lowest BCUT2D eigenvalue weighted by atomic mass is 10.4. The summed E-state index contributed by atoms with van der Waals surface area (Å²) in [5.41, 5.74) is 4.62. The minimum absolute atomic E-state index is 0.0479. The van der Waals surface area contributed by atoms with Gasteiger partial charge in [0.15, 0.2) is 11.7 Å². The maximum atomic E-state index is 12.2. The van der Waals surface area contributed by atoms with Gasteiger partial charge in [-0.05, 0) is 13.8 Å². The summed E-state index contributed by atoms with van der Waals surface area (Å²) >= 11 is 0.916. The molecule has 1 rings (SSSR count). The van der Waals surface area contributed by atoms with Crippen LogP contribution in [-0.4, -0.2) is 17.0 Å². The molecule has 0 unspecified atom stereocenters. The summed E-state index contributed by atoms with van der Waals surface area (Å²) in [5.74, 6) is 0.198. The van der Waals surface area contributed by atoms with Crippen molar-refractivity contribution in [3.8, 4) is 0 Å². The first kappa shape index (κ1) is 13.8. The van der Waals surface area contributed by atoms with Crippen molar-refractivity contribution in [1.82, 2.24) is 10.3 Å². The Bertz CT molecular complexity index is 397. The summed E-state index contributed by atoms with van der Waals surface area (Å²) in [5, 5.41) is 4.08. The highest BCUT2D eigenvalue weighted by Gasteiger charge is 2.33. The number of hydrogen-bond acceptors (Lipinski definition) is 3. The predicted octanol–water partition coefficient (Wildman–Crippen LogP) is 1.97. The lowest BCUT2D eigenvalue weighted by Gasteiger charge is -2.07. The smallest absolute Gasteiger partial charge is 0.370 e. The van der Waals surface area contributed by atoms with Crippen LogP contribution < -0.4 is 11.1 Å². The van der Waals surface area contributed by atoms with Crippen LogP contribution in [0.2, 0.25) is 0 Å². The van der Waals surface area contributed by atoms with Gasteiger partial charge < -0.3 is 11.1 Å². The van der Waals surface area contributed by atoms with Crippen LogP contribution in [-0.2, 0) is 12.7 Å². The summed E-state index contributed by atoms with van der Waals surface area (Å²) in [6.07, 6.45) is -4.40. The van der Waals surface area contributed by atoms with Crippen LogP contribution >= 0.6 is 11.3 Å². The molecule has 0 aromatic carbocycles. The highest BCUT2D eigenvalue weighted by molar-refractivity contribution is 7.09. The van der Waals surface area contributed by atoms with Gasteiger partial charge in [0.1, 0.15) is 5.01 Å². The number of nitrogens with one attached hydrogen (secondary N) is 1. The molecule has 0 aliphatic rings. The van der Waals surface area contributed by atoms with E-state index in [1.807, 2.05) is 13.8 Å². The van der Waals surface area contributed by atoms with Crippen LogP contribution in [0, 0.1) is 0 Å². The molecule has 0 saturated carbocycles. The normalized spacial score (nSPS) is 13.2. The second-order valence-electron chi connectivity index (χ2n) is 3.62. The summed E-state index contributed by atoms with van der Waals surface area (Å²) < 4.78 is 36.7. The number of hydrogen-bond donors (Lipinski definition) is 2. The molecule has 0 radical (unpaired) electrons. The first-order valence-corrected chi connectivity index (χ1v) is 5.75. The number of nitrogens with two attached hydrogens (primary N) is 1. The number of aliphatic imine (C=N–C) groups is 1. The first-order valence-electron chi connectivity index (χ1n) is 4.87. The van der Waals surface area contributed by atoms with E-state index in [-0.39, 0.29) is 23.6 Å². The summed E-state index contributed by atoms with van der Waals surface area (Å²) in [7, 11) is 0. The largest absolute Gasteiger partial charge is 0.434 e. The predicted molar refractivity (Wildman–Crippen MR) is 60.7 cm³/mol. The molecule has 1 heterocycles. The van der Waals surface area contributed by atoms with Crippen LogP contribution in [0.5, 0.6) is 0 Å². The fraction of sp³-hybridized carbons (Fsp3) is 0.556. The van der Waals surface area contributed by atoms with Gasteiger partial charge in [-0.1, -0.05) is 0 Å². The molecular weight excluding hydrogens is 253 g/mol. The Morgan fingerprint density at radius 1 is 1.59 bits per heavy atom. The van der Waals surface area contributed by atoms with Crippen molar-refractivity contribution in [3.05, 3.63) is 16.1 Å². The van der Waals surface area contributed by atoms with E-state index in [9.17, 15) is 13.2 Å². The Kier molecular flexibility index (Phi) is 4.33. The quantitative estimate of drug-likeness (QED) is 0.649.